The molecule has 0 atom stereocenters. The smallest absolute Gasteiger partial charge is 0.272 e. The van der Waals surface area contributed by atoms with Crippen LogP contribution >= 0.6 is 0 Å². The summed E-state index contributed by atoms with van der Waals surface area (Å²) in [5, 5.41) is 32.7. The quantitative estimate of drug-likeness (QED) is 0.0988. The third kappa shape index (κ3) is 19.1. The Hall–Kier alpha value is -11.4. The van der Waals surface area contributed by atoms with Gasteiger partial charge in [-0.3, -0.25) is 48.5 Å². The molecule has 4 N–H and O–H groups in total. The van der Waals surface area contributed by atoms with E-state index in [0.29, 0.717) is 38.4 Å². The highest BCUT2D eigenvalue weighted by atomic mass is 16.7. The standard InChI is InChI=1S/C24H25N3O3.C22H27N3O3.2C21H25N3O3.C20H23N3O3/c28-23-20-7-2-1-6-19(20)22(25-26-23)16-8-9-21-17(14-16)15-29-24(30-21)10-12-27(13-11-24)18-4-3-5-18;1-15-12-20-16(13-18(15)19-6-7-21(26)24(2)23-19)14-27-22(28-20)8-10-25(11-9-22)17-4-3-5-17;1-14-16(18-6-8-20(25)23-22-18)5-7-19-17(14)13-26-21(27-19)9-11-24(12-10-21)15-3-2-4-15;1-14-11-19-15(12-17(14)18-5-6-20(25)23-22-18)13-26-21(27-19)7-9-24(10-8-21)16-3-2-4-16;24-19-7-5-17(21-22-19)14-4-6-18-15(12-14)13-25-20(26-18)8-10-23(11-9-20)16-2-1-3-16/h1-2,6-9,14,18H,3-5,10-13,15H2,(H,26,28);6-7,12-13,17H,3-5,8-11,14H2,1-2H3;5-8,15H,2-4,9-13H2,1H3,(H,23,25);5-6,11-12,16H,2-4,7-10,13H2,1H3,(H,23,25);4-7,12,16H,1-3,8-11,13H2,(H,22,24). The van der Waals surface area contributed by atoms with E-state index in [1.165, 1.54) is 119 Å². The Kier molecular flexibility index (Phi) is 25.7. The molecule has 26 rings (SSSR count). The molecule has 0 amide bonds. The van der Waals surface area contributed by atoms with Crippen molar-refractivity contribution in [3.05, 3.63) is 242 Å². The number of ether oxygens (including phenoxy) is 10. The molecular weight excluding hydrogens is 1750 g/mol. The van der Waals surface area contributed by atoms with Crippen molar-refractivity contribution in [2.24, 2.45) is 7.05 Å². The van der Waals surface area contributed by atoms with Gasteiger partial charge in [0.2, 0.25) is 28.9 Å². The lowest BCUT2D eigenvalue weighted by Gasteiger charge is -2.47. The average molecular weight is 1870 g/mol. The third-order valence-corrected chi connectivity index (χ3v) is 32.3. The van der Waals surface area contributed by atoms with Crippen LogP contribution in [-0.4, -0.2) is 200 Å². The van der Waals surface area contributed by atoms with E-state index in [1.807, 2.05) is 73.7 Å². The van der Waals surface area contributed by atoms with Crippen LogP contribution in [0.4, 0.5) is 0 Å². The van der Waals surface area contributed by atoms with Gasteiger partial charge in [-0.15, -0.1) is 0 Å². The number of aromatic nitrogens is 10. The fourth-order valence-corrected chi connectivity index (χ4v) is 22.4. The third-order valence-electron chi connectivity index (χ3n) is 32.3. The maximum atomic E-state index is 12.1. The Bertz CT molecular complexity index is 6490. The first-order valence-corrected chi connectivity index (χ1v) is 50.4. The van der Waals surface area contributed by atoms with E-state index >= 15 is 0 Å². The second kappa shape index (κ2) is 38.6. The molecule has 138 heavy (non-hydrogen) atoms. The van der Waals surface area contributed by atoms with E-state index in [4.69, 9.17) is 47.4 Å². The highest BCUT2D eigenvalue weighted by molar-refractivity contribution is 5.94. The van der Waals surface area contributed by atoms with E-state index in [-0.39, 0.29) is 27.8 Å². The minimum atomic E-state index is -0.488. The lowest BCUT2D eigenvalue weighted by Crippen LogP contribution is -2.54. The van der Waals surface area contributed by atoms with Crippen molar-refractivity contribution in [2.75, 3.05) is 65.4 Å². The zero-order valence-corrected chi connectivity index (χ0v) is 79.6. The van der Waals surface area contributed by atoms with Crippen molar-refractivity contribution in [3.63, 3.8) is 0 Å². The van der Waals surface area contributed by atoms with Crippen molar-refractivity contribution in [3.8, 4) is 85.0 Å². The van der Waals surface area contributed by atoms with Crippen LogP contribution in [0.15, 0.2) is 170 Å². The van der Waals surface area contributed by atoms with E-state index in [1.54, 1.807) is 37.4 Å². The Morgan fingerprint density at radius 3 is 1.07 bits per heavy atom. The Labute approximate surface area is 801 Å². The van der Waals surface area contributed by atoms with Gasteiger partial charge in [-0.05, 0) is 205 Å². The summed E-state index contributed by atoms with van der Waals surface area (Å²) in [4.78, 5) is 70.5. The summed E-state index contributed by atoms with van der Waals surface area (Å²) in [5.74, 6) is 2.19. The van der Waals surface area contributed by atoms with Crippen molar-refractivity contribution < 1.29 is 47.4 Å². The molecule has 5 aromatic heterocycles. The Morgan fingerprint density at radius 1 is 0.319 bits per heavy atom. The van der Waals surface area contributed by atoms with Gasteiger partial charge in [0.05, 0.1) is 66.9 Å². The molecular formula is C108H125N15O15. The molecule has 30 heteroatoms. The Balaban J connectivity index is 0.0000000996. The average Bonchev–Trinajstić information content (AvgIpc) is 0.772. The molecule has 30 nitrogen and oxygen atoms in total. The van der Waals surface area contributed by atoms with Gasteiger partial charge < -0.3 is 47.4 Å². The van der Waals surface area contributed by atoms with Crippen LogP contribution in [0.2, 0.25) is 0 Å². The van der Waals surface area contributed by atoms with Crippen LogP contribution in [0, 0.1) is 20.8 Å². The zero-order chi connectivity index (χ0) is 93.9. The number of H-pyrrole nitrogens is 4. The molecule has 0 unspecified atom stereocenters. The largest absolute Gasteiger partial charge is 0.462 e. The summed E-state index contributed by atoms with van der Waals surface area (Å²) < 4.78 is 64.6. The lowest BCUT2D eigenvalue weighted by molar-refractivity contribution is -0.231. The monoisotopic (exact) mass is 1870 g/mol. The first-order valence-electron chi connectivity index (χ1n) is 50.4. The number of piperidine rings is 5. The number of hydrogen-bond donors (Lipinski definition) is 4. The molecule has 0 bridgehead atoms. The zero-order valence-electron chi connectivity index (χ0n) is 79.6. The Morgan fingerprint density at radius 2 is 0.667 bits per heavy atom. The van der Waals surface area contributed by atoms with Gasteiger partial charge >= 0.3 is 0 Å². The molecule has 10 aliphatic heterocycles. The van der Waals surface area contributed by atoms with Crippen LogP contribution in [0.25, 0.3) is 67.1 Å². The number of benzene rings is 6. The molecule has 5 spiro atoms. The maximum absolute atomic E-state index is 12.1. The SMILES string of the molecule is Cc1c(-c2ccc(=O)[nH]n2)ccc2c1COC1(CCN(C3CCC3)CC1)O2.Cc1cc2c(cc1-c1ccc(=O)[nH]n1)COC1(CCN(C3CCC3)CC1)O2.Cc1cc2c(cc1-c1ccc(=O)n(C)n1)COC1(CCN(C3CCC3)CC1)O2.O=c1[nH]nc(-c2ccc3c(c2)COC2(CCN(C4CCC4)CC2)O3)c2ccccc12.O=c1ccc(-c2ccc3c(c2)COC2(CCN(C4CCC4)CC2)O3)n[nH]1. The van der Waals surface area contributed by atoms with Gasteiger partial charge in [-0.2, -0.15) is 25.5 Å². The molecule has 10 fully saturated rings. The number of aromatic amines is 4. The topological polar surface area (TPSA) is 326 Å². The molecule has 15 heterocycles. The van der Waals surface area contributed by atoms with Crippen molar-refractivity contribution in [1.82, 2.24) is 75.1 Å². The van der Waals surface area contributed by atoms with Crippen molar-refractivity contribution >= 4 is 10.8 Å². The molecule has 6 aromatic carbocycles. The van der Waals surface area contributed by atoms with E-state index in [9.17, 15) is 24.0 Å². The van der Waals surface area contributed by atoms with Gasteiger partial charge in [-0.25, -0.2) is 25.1 Å². The van der Waals surface area contributed by atoms with Gasteiger partial charge in [-0.1, -0.05) is 50.3 Å². The normalized spacial score (nSPS) is 21.9. The molecule has 722 valence electrons. The first-order chi connectivity index (χ1) is 67.2. The summed E-state index contributed by atoms with van der Waals surface area (Å²) in [6.07, 6.45) is 29.5. The fourth-order valence-electron chi connectivity index (χ4n) is 22.4. The van der Waals surface area contributed by atoms with E-state index in [2.05, 4.69) is 115 Å². The highest BCUT2D eigenvalue weighted by Crippen LogP contribution is 2.49. The molecule has 15 aliphatic rings. The minimum absolute atomic E-state index is 0.110. The number of aryl methyl sites for hydroxylation is 3. The maximum Gasteiger partial charge on any atom is 0.272 e. The van der Waals surface area contributed by atoms with E-state index in [0.717, 1.165) is 295 Å². The summed E-state index contributed by atoms with van der Waals surface area (Å²) in [6.45, 7) is 19.4. The number of fused-ring (bicyclic) bond motifs is 6. The lowest BCUT2D eigenvalue weighted by atomic mass is 9.89. The van der Waals surface area contributed by atoms with Crippen LogP contribution in [0.1, 0.15) is 205 Å². The predicted octanol–water partition coefficient (Wildman–Crippen LogP) is 15.5. The first kappa shape index (κ1) is 91.7. The van der Waals surface area contributed by atoms with Crippen molar-refractivity contribution in [2.45, 2.75) is 273 Å². The van der Waals surface area contributed by atoms with Gasteiger partial charge in [0.15, 0.2) is 0 Å². The number of rotatable bonds is 10. The molecule has 0 radical (unpaired) electrons. The molecule has 5 aliphatic carbocycles. The van der Waals surface area contributed by atoms with Gasteiger partial charge in [0.1, 0.15) is 28.7 Å². The van der Waals surface area contributed by atoms with Crippen LogP contribution < -0.4 is 51.5 Å². The van der Waals surface area contributed by atoms with Gasteiger partial charge in [0, 0.05) is 252 Å². The number of likely N-dealkylation sites (tertiary alicyclic amines) is 5. The second-order valence-electron chi connectivity index (χ2n) is 40.6. The molecule has 5 saturated heterocycles. The summed E-state index contributed by atoms with van der Waals surface area (Å²) >= 11 is 0. The molecule has 11 aromatic rings. The predicted molar refractivity (Wildman–Crippen MR) is 521 cm³/mol. The summed E-state index contributed by atoms with van der Waals surface area (Å²) in [5.41, 5.74) is 16.3. The van der Waals surface area contributed by atoms with Crippen LogP contribution in [0.3, 0.4) is 0 Å². The van der Waals surface area contributed by atoms with Gasteiger partial charge in [0.25, 0.3) is 27.8 Å². The highest BCUT2D eigenvalue weighted by Gasteiger charge is 2.49. The van der Waals surface area contributed by atoms with Crippen LogP contribution in [-0.2, 0) is 63.8 Å². The second-order valence-corrected chi connectivity index (χ2v) is 40.6. The minimum Gasteiger partial charge on any atom is -0.462 e. The summed E-state index contributed by atoms with van der Waals surface area (Å²) in [6, 6.07) is 49.0. The van der Waals surface area contributed by atoms with Crippen molar-refractivity contribution in [1.29, 1.82) is 0 Å². The summed E-state index contributed by atoms with van der Waals surface area (Å²) in [7, 11) is 1.67. The number of hydrogen-bond acceptors (Lipinski definition) is 25. The fraction of sp³-hybridized carbons (Fsp3) is 0.500. The van der Waals surface area contributed by atoms with E-state index < -0.39 is 28.9 Å². The molecule has 5 saturated carbocycles. The van der Waals surface area contributed by atoms with Crippen LogP contribution in [0.5, 0.6) is 28.7 Å². The number of nitrogens with one attached hydrogen (secondary N) is 4. The number of nitrogens with zero attached hydrogens (tertiary/aromatic N) is 11.